The first kappa shape index (κ1) is 20.9. The van der Waals surface area contributed by atoms with Crippen molar-refractivity contribution < 1.29 is 13.2 Å². The summed E-state index contributed by atoms with van der Waals surface area (Å²) in [5.41, 5.74) is 2.87. The van der Waals surface area contributed by atoms with Gasteiger partial charge in [-0.3, -0.25) is 4.79 Å². The van der Waals surface area contributed by atoms with E-state index in [0.717, 1.165) is 38.0 Å². The minimum atomic E-state index is -3.59. The molecule has 0 unspecified atom stereocenters. The van der Waals surface area contributed by atoms with Crippen LogP contribution in [0.2, 0.25) is 0 Å². The average Bonchev–Trinajstić information content (AvgIpc) is 3.30. The van der Waals surface area contributed by atoms with Gasteiger partial charge in [0.25, 0.3) is 5.91 Å². The summed E-state index contributed by atoms with van der Waals surface area (Å²) in [5.74, 6) is -0.306. The van der Waals surface area contributed by atoms with Crippen molar-refractivity contribution in [3.63, 3.8) is 0 Å². The molecule has 0 radical (unpaired) electrons. The SMILES string of the molecule is Cc1ccc(C(=O)Nc2ccc(N3CCCC3)cc2)cc1S(=O)(=O)N1CCCCC1. The summed E-state index contributed by atoms with van der Waals surface area (Å²) in [6.07, 6.45) is 5.25. The van der Waals surface area contributed by atoms with Crippen LogP contribution in [0.3, 0.4) is 0 Å². The summed E-state index contributed by atoms with van der Waals surface area (Å²) >= 11 is 0. The maximum absolute atomic E-state index is 13.1. The van der Waals surface area contributed by atoms with Crippen LogP contribution in [0.4, 0.5) is 11.4 Å². The number of hydrogen-bond acceptors (Lipinski definition) is 4. The molecular formula is C23H29N3O3S. The molecular weight excluding hydrogens is 398 g/mol. The Morgan fingerprint density at radius 3 is 2.17 bits per heavy atom. The molecule has 30 heavy (non-hydrogen) atoms. The topological polar surface area (TPSA) is 69.7 Å². The molecule has 0 bridgehead atoms. The average molecular weight is 428 g/mol. The summed E-state index contributed by atoms with van der Waals surface area (Å²) in [5, 5.41) is 2.89. The maximum atomic E-state index is 13.1. The Bertz CT molecular complexity index is 1010. The van der Waals surface area contributed by atoms with Crippen LogP contribution in [0, 0.1) is 6.92 Å². The van der Waals surface area contributed by atoms with Crippen molar-refractivity contribution in [3.8, 4) is 0 Å². The van der Waals surface area contributed by atoms with E-state index in [-0.39, 0.29) is 10.8 Å². The van der Waals surface area contributed by atoms with Crippen LogP contribution in [0.1, 0.15) is 48.0 Å². The van der Waals surface area contributed by atoms with Gasteiger partial charge >= 0.3 is 0 Å². The molecule has 1 N–H and O–H groups in total. The Morgan fingerprint density at radius 1 is 0.867 bits per heavy atom. The minimum absolute atomic E-state index is 0.224. The molecule has 2 heterocycles. The van der Waals surface area contributed by atoms with Gasteiger partial charge in [0.05, 0.1) is 4.90 Å². The van der Waals surface area contributed by atoms with Crippen LogP contribution in [-0.4, -0.2) is 44.8 Å². The molecule has 0 aliphatic carbocycles. The number of carbonyl (C=O) groups excluding carboxylic acids is 1. The first-order valence-electron chi connectivity index (χ1n) is 10.7. The quantitative estimate of drug-likeness (QED) is 0.782. The third-order valence-electron chi connectivity index (χ3n) is 5.98. The van der Waals surface area contributed by atoms with E-state index >= 15 is 0 Å². The van der Waals surface area contributed by atoms with E-state index in [1.54, 1.807) is 19.1 Å². The zero-order chi connectivity index (χ0) is 21.1. The van der Waals surface area contributed by atoms with Crippen LogP contribution in [0.5, 0.6) is 0 Å². The van der Waals surface area contributed by atoms with Crippen molar-refractivity contribution in [2.24, 2.45) is 0 Å². The largest absolute Gasteiger partial charge is 0.372 e. The van der Waals surface area contributed by atoms with Gasteiger partial charge in [-0.25, -0.2) is 8.42 Å². The lowest BCUT2D eigenvalue weighted by Gasteiger charge is -2.26. The lowest BCUT2D eigenvalue weighted by Crippen LogP contribution is -2.36. The maximum Gasteiger partial charge on any atom is 0.255 e. The standard InChI is InChI=1S/C23H29N3O3S/c1-18-7-8-19(17-22(18)30(28,29)26-15-3-2-4-16-26)23(27)24-20-9-11-21(12-10-20)25-13-5-6-14-25/h7-12,17H,2-6,13-16H2,1H3,(H,24,27). The third-order valence-corrected chi connectivity index (χ3v) is 8.02. The second-order valence-corrected chi connectivity index (χ2v) is 10.0. The fraction of sp³-hybridized carbons (Fsp3) is 0.435. The van der Waals surface area contributed by atoms with E-state index in [1.807, 2.05) is 24.3 Å². The number of aryl methyl sites for hydroxylation is 1. The molecule has 0 atom stereocenters. The lowest BCUT2D eigenvalue weighted by molar-refractivity contribution is 0.102. The zero-order valence-electron chi connectivity index (χ0n) is 17.4. The molecule has 2 fully saturated rings. The van der Waals surface area contributed by atoms with E-state index in [0.29, 0.717) is 29.9 Å². The number of hydrogen-bond donors (Lipinski definition) is 1. The highest BCUT2D eigenvalue weighted by molar-refractivity contribution is 7.89. The van der Waals surface area contributed by atoms with Crippen molar-refractivity contribution >= 4 is 27.3 Å². The predicted molar refractivity (Wildman–Crippen MR) is 120 cm³/mol. The van der Waals surface area contributed by atoms with Crippen molar-refractivity contribution in [2.75, 3.05) is 36.4 Å². The molecule has 0 aromatic heterocycles. The number of amides is 1. The summed E-state index contributed by atoms with van der Waals surface area (Å²) in [6.45, 7) is 5.01. The number of piperidine rings is 1. The summed E-state index contributed by atoms with van der Waals surface area (Å²) in [6, 6.07) is 12.7. The second kappa shape index (κ2) is 8.78. The van der Waals surface area contributed by atoms with E-state index in [2.05, 4.69) is 10.2 Å². The molecule has 2 aliphatic heterocycles. The van der Waals surface area contributed by atoms with Gasteiger partial charge < -0.3 is 10.2 Å². The van der Waals surface area contributed by atoms with Crippen molar-refractivity contribution in [3.05, 3.63) is 53.6 Å². The van der Waals surface area contributed by atoms with Crippen molar-refractivity contribution in [1.29, 1.82) is 0 Å². The van der Waals surface area contributed by atoms with Gasteiger partial charge in [0.2, 0.25) is 10.0 Å². The lowest BCUT2D eigenvalue weighted by atomic mass is 10.1. The van der Waals surface area contributed by atoms with Crippen LogP contribution in [0.25, 0.3) is 0 Å². The van der Waals surface area contributed by atoms with Crippen LogP contribution in [-0.2, 0) is 10.0 Å². The molecule has 7 heteroatoms. The highest BCUT2D eigenvalue weighted by atomic mass is 32.2. The summed E-state index contributed by atoms with van der Waals surface area (Å²) in [7, 11) is -3.59. The van der Waals surface area contributed by atoms with E-state index in [1.165, 1.54) is 23.2 Å². The molecule has 2 aliphatic rings. The van der Waals surface area contributed by atoms with Crippen molar-refractivity contribution in [2.45, 2.75) is 43.9 Å². The highest BCUT2D eigenvalue weighted by Gasteiger charge is 2.28. The van der Waals surface area contributed by atoms with Gasteiger partial charge in [0.15, 0.2) is 0 Å². The molecule has 2 aromatic rings. The van der Waals surface area contributed by atoms with E-state index in [4.69, 9.17) is 0 Å². The first-order valence-corrected chi connectivity index (χ1v) is 12.2. The van der Waals surface area contributed by atoms with E-state index in [9.17, 15) is 13.2 Å². The Balaban J connectivity index is 1.51. The number of rotatable bonds is 5. The number of anilines is 2. The Kier molecular flexibility index (Phi) is 6.11. The monoisotopic (exact) mass is 427 g/mol. The number of carbonyl (C=O) groups is 1. The van der Waals surface area contributed by atoms with Gasteiger partial charge in [-0.05, 0) is 74.6 Å². The fourth-order valence-electron chi connectivity index (χ4n) is 4.20. The number of nitrogens with zero attached hydrogens (tertiary/aromatic N) is 2. The zero-order valence-corrected chi connectivity index (χ0v) is 18.2. The van der Waals surface area contributed by atoms with E-state index < -0.39 is 10.0 Å². The molecule has 6 nitrogen and oxygen atoms in total. The Hall–Kier alpha value is -2.38. The molecule has 160 valence electrons. The Labute approximate surface area is 178 Å². The van der Waals surface area contributed by atoms with Crippen LogP contribution >= 0.6 is 0 Å². The van der Waals surface area contributed by atoms with Gasteiger partial charge in [-0.2, -0.15) is 4.31 Å². The summed E-state index contributed by atoms with van der Waals surface area (Å²) < 4.78 is 27.7. The smallest absolute Gasteiger partial charge is 0.255 e. The molecule has 0 saturated carbocycles. The first-order chi connectivity index (χ1) is 14.4. The van der Waals surface area contributed by atoms with Gasteiger partial charge in [0, 0.05) is 43.1 Å². The fourth-order valence-corrected chi connectivity index (χ4v) is 5.97. The minimum Gasteiger partial charge on any atom is -0.372 e. The molecule has 2 aromatic carbocycles. The van der Waals surface area contributed by atoms with Crippen LogP contribution < -0.4 is 10.2 Å². The molecule has 4 rings (SSSR count). The number of nitrogens with one attached hydrogen (secondary N) is 1. The predicted octanol–water partition coefficient (Wildman–Crippen LogP) is 4.02. The second-order valence-electron chi connectivity index (χ2n) is 8.14. The Morgan fingerprint density at radius 2 is 1.50 bits per heavy atom. The third kappa shape index (κ3) is 4.37. The van der Waals surface area contributed by atoms with Crippen LogP contribution in [0.15, 0.2) is 47.4 Å². The molecule has 1 amide bonds. The molecule has 0 spiro atoms. The van der Waals surface area contributed by atoms with Gasteiger partial charge in [-0.15, -0.1) is 0 Å². The normalized spacial score (nSPS) is 17.8. The van der Waals surface area contributed by atoms with Crippen molar-refractivity contribution in [1.82, 2.24) is 4.31 Å². The highest BCUT2D eigenvalue weighted by Crippen LogP contribution is 2.26. The van der Waals surface area contributed by atoms with Gasteiger partial charge in [0.1, 0.15) is 0 Å². The van der Waals surface area contributed by atoms with Gasteiger partial charge in [-0.1, -0.05) is 12.5 Å². The number of sulfonamides is 1. The molecule has 2 saturated heterocycles. The number of benzene rings is 2. The summed E-state index contributed by atoms with van der Waals surface area (Å²) in [4.78, 5) is 15.4.